The molecule has 0 radical (unpaired) electrons. The van der Waals surface area contributed by atoms with Gasteiger partial charge in [0, 0.05) is 18.7 Å². The third kappa shape index (κ3) is 2.93. The smallest absolute Gasteiger partial charge is 0.130 e. The number of rotatable bonds is 5. The van der Waals surface area contributed by atoms with E-state index in [0.717, 1.165) is 30.5 Å². The standard InChI is InChI=1S/C10H19ClN4/c1-4-5-8(13-12)6-9-7(2)14-15(3)10(9)11/h8,13H,4-6,12H2,1-3H3. The molecule has 1 aromatic heterocycles. The topological polar surface area (TPSA) is 55.9 Å². The van der Waals surface area contributed by atoms with Crippen molar-refractivity contribution in [3.8, 4) is 0 Å². The number of aryl methyl sites for hydroxylation is 2. The summed E-state index contributed by atoms with van der Waals surface area (Å²) in [6.07, 6.45) is 2.98. The van der Waals surface area contributed by atoms with Gasteiger partial charge in [0.1, 0.15) is 5.15 Å². The van der Waals surface area contributed by atoms with Crippen molar-refractivity contribution < 1.29 is 0 Å². The Morgan fingerprint density at radius 3 is 2.67 bits per heavy atom. The average molecular weight is 231 g/mol. The summed E-state index contributed by atoms with van der Waals surface area (Å²) in [5.74, 6) is 5.49. The molecule has 0 aliphatic rings. The van der Waals surface area contributed by atoms with Crippen molar-refractivity contribution in [2.24, 2.45) is 12.9 Å². The van der Waals surface area contributed by atoms with Crippen LogP contribution >= 0.6 is 11.6 Å². The predicted molar refractivity (Wildman–Crippen MR) is 62.7 cm³/mol. The zero-order chi connectivity index (χ0) is 11.4. The van der Waals surface area contributed by atoms with Crippen LogP contribution in [0.5, 0.6) is 0 Å². The van der Waals surface area contributed by atoms with E-state index >= 15 is 0 Å². The van der Waals surface area contributed by atoms with Gasteiger partial charge in [-0.15, -0.1) is 0 Å². The van der Waals surface area contributed by atoms with Crippen molar-refractivity contribution >= 4 is 11.6 Å². The average Bonchev–Trinajstić information content (AvgIpc) is 2.44. The Morgan fingerprint density at radius 2 is 2.27 bits per heavy atom. The maximum Gasteiger partial charge on any atom is 0.130 e. The number of nitrogens with zero attached hydrogens (tertiary/aromatic N) is 2. The summed E-state index contributed by atoms with van der Waals surface area (Å²) < 4.78 is 1.70. The Hall–Kier alpha value is -0.580. The van der Waals surface area contributed by atoms with Gasteiger partial charge in [-0.05, 0) is 19.8 Å². The van der Waals surface area contributed by atoms with E-state index in [2.05, 4.69) is 17.4 Å². The molecule has 4 nitrogen and oxygen atoms in total. The highest BCUT2D eigenvalue weighted by atomic mass is 35.5. The number of aromatic nitrogens is 2. The monoisotopic (exact) mass is 230 g/mol. The molecule has 0 saturated heterocycles. The first-order valence-electron chi connectivity index (χ1n) is 5.24. The minimum absolute atomic E-state index is 0.274. The van der Waals surface area contributed by atoms with Crippen LogP contribution in [0.2, 0.25) is 5.15 Å². The number of nitrogens with two attached hydrogens (primary N) is 1. The number of hydrogen-bond donors (Lipinski definition) is 2. The fraction of sp³-hybridized carbons (Fsp3) is 0.700. The second-order valence-corrected chi connectivity index (χ2v) is 4.19. The van der Waals surface area contributed by atoms with Gasteiger partial charge in [0.05, 0.1) is 5.69 Å². The Kier molecular flexibility index (Phi) is 4.57. The van der Waals surface area contributed by atoms with Gasteiger partial charge in [0.25, 0.3) is 0 Å². The summed E-state index contributed by atoms with van der Waals surface area (Å²) in [5, 5.41) is 4.99. The molecule has 0 amide bonds. The molecule has 0 spiro atoms. The quantitative estimate of drug-likeness (QED) is 0.596. The van der Waals surface area contributed by atoms with Crippen molar-refractivity contribution in [3.05, 3.63) is 16.4 Å². The predicted octanol–water partition coefficient (Wildman–Crippen LogP) is 1.56. The first-order chi connectivity index (χ1) is 7.10. The van der Waals surface area contributed by atoms with Gasteiger partial charge in [0.15, 0.2) is 0 Å². The van der Waals surface area contributed by atoms with Gasteiger partial charge in [-0.1, -0.05) is 24.9 Å². The van der Waals surface area contributed by atoms with Crippen LogP contribution in [0, 0.1) is 6.92 Å². The van der Waals surface area contributed by atoms with Crippen molar-refractivity contribution in [3.63, 3.8) is 0 Å². The molecule has 1 aromatic rings. The van der Waals surface area contributed by atoms with E-state index in [1.54, 1.807) is 4.68 Å². The van der Waals surface area contributed by atoms with Gasteiger partial charge in [-0.25, -0.2) is 0 Å². The SMILES string of the molecule is CCCC(Cc1c(C)nn(C)c1Cl)NN. The minimum atomic E-state index is 0.274. The lowest BCUT2D eigenvalue weighted by molar-refractivity contribution is 0.485. The molecule has 86 valence electrons. The Balaban J connectivity index is 2.78. The minimum Gasteiger partial charge on any atom is -0.271 e. The van der Waals surface area contributed by atoms with Crippen molar-refractivity contribution in [2.75, 3.05) is 0 Å². The fourth-order valence-corrected chi connectivity index (χ4v) is 2.00. The van der Waals surface area contributed by atoms with E-state index in [1.807, 2.05) is 14.0 Å². The van der Waals surface area contributed by atoms with Crippen LogP contribution in [0.3, 0.4) is 0 Å². The third-order valence-electron chi connectivity index (χ3n) is 2.59. The molecule has 15 heavy (non-hydrogen) atoms. The zero-order valence-corrected chi connectivity index (χ0v) is 10.3. The van der Waals surface area contributed by atoms with Crippen LogP contribution in [-0.2, 0) is 13.5 Å². The van der Waals surface area contributed by atoms with Crippen LogP contribution in [-0.4, -0.2) is 15.8 Å². The molecule has 0 saturated carbocycles. The summed E-state index contributed by atoms with van der Waals surface area (Å²) in [6, 6.07) is 0.274. The molecule has 1 unspecified atom stereocenters. The molecule has 5 heteroatoms. The van der Waals surface area contributed by atoms with Crippen LogP contribution in [0.25, 0.3) is 0 Å². The molecular formula is C10H19ClN4. The Bertz CT molecular complexity index is 321. The summed E-state index contributed by atoms with van der Waals surface area (Å²) in [6.45, 7) is 4.11. The second-order valence-electron chi connectivity index (χ2n) is 3.83. The lowest BCUT2D eigenvalue weighted by Crippen LogP contribution is -2.36. The molecule has 0 aliphatic heterocycles. The molecule has 0 fully saturated rings. The Morgan fingerprint density at radius 1 is 1.60 bits per heavy atom. The van der Waals surface area contributed by atoms with E-state index in [-0.39, 0.29) is 6.04 Å². The van der Waals surface area contributed by atoms with Crippen molar-refractivity contribution in [1.82, 2.24) is 15.2 Å². The first-order valence-corrected chi connectivity index (χ1v) is 5.62. The number of nitrogens with one attached hydrogen (secondary N) is 1. The van der Waals surface area contributed by atoms with Crippen LogP contribution in [0.15, 0.2) is 0 Å². The van der Waals surface area contributed by atoms with Crippen LogP contribution in [0.1, 0.15) is 31.0 Å². The molecule has 3 N–H and O–H groups in total. The van der Waals surface area contributed by atoms with E-state index in [4.69, 9.17) is 17.4 Å². The molecule has 0 aromatic carbocycles. The molecule has 1 atom stereocenters. The molecule has 0 aliphatic carbocycles. The summed E-state index contributed by atoms with van der Waals surface area (Å²) >= 11 is 6.15. The van der Waals surface area contributed by atoms with Crippen molar-refractivity contribution in [1.29, 1.82) is 0 Å². The summed E-state index contributed by atoms with van der Waals surface area (Å²) in [7, 11) is 1.85. The highest BCUT2D eigenvalue weighted by Crippen LogP contribution is 2.21. The fourth-order valence-electron chi connectivity index (χ4n) is 1.74. The number of hydrazine groups is 1. The van der Waals surface area contributed by atoms with E-state index in [0.29, 0.717) is 5.15 Å². The lowest BCUT2D eigenvalue weighted by atomic mass is 10.0. The molecular weight excluding hydrogens is 212 g/mol. The van der Waals surface area contributed by atoms with E-state index in [1.165, 1.54) is 0 Å². The zero-order valence-electron chi connectivity index (χ0n) is 9.55. The molecule has 1 rings (SSSR count). The van der Waals surface area contributed by atoms with Crippen molar-refractivity contribution in [2.45, 2.75) is 39.2 Å². The van der Waals surface area contributed by atoms with E-state index in [9.17, 15) is 0 Å². The second kappa shape index (κ2) is 5.49. The highest BCUT2D eigenvalue weighted by Gasteiger charge is 2.15. The van der Waals surface area contributed by atoms with E-state index < -0.39 is 0 Å². The summed E-state index contributed by atoms with van der Waals surface area (Å²) in [4.78, 5) is 0. The van der Waals surface area contributed by atoms with Gasteiger partial charge >= 0.3 is 0 Å². The normalized spacial score (nSPS) is 13.1. The Labute approximate surface area is 95.8 Å². The van der Waals surface area contributed by atoms with Gasteiger partial charge in [0.2, 0.25) is 0 Å². The lowest BCUT2D eigenvalue weighted by Gasteiger charge is -2.14. The molecule has 1 heterocycles. The van der Waals surface area contributed by atoms with Gasteiger partial charge in [-0.2, -0.15) is 5.10 Å². The highest BCUT2D eigenvalue weighted by molar-refractivity contribution is 6.30. The maximum atomic E-state index is 6.15. The maximum absolute atomic E-state index is 6.15. The third-order valence-corrected chi connectivity index (χ3v) is 3.07. The van der Waals surface area contributed by atoms with Gasteiger partial charge in [-0.3, -0.25) is 16.0 Å². The van der Waals surface area contributed by atoms with Crippen LogP contribution in [0.4, 0.5) is 0 Å². The van der Waals surface area contributed by atoms with Crippen LogP contribution < -0.4 is 11.3 Å². The molecule has 0 bridgehead atoms. The first kappa shape index (κ1) is 12.5. The van der Waals surface area contributed by atoms with Gasteiger partial charge < -0.3 is 0 Å². The largest absolute Gasteiger partial charge is 0.271 e. The number of halogens is 1. The summed E-state index contributed by atoms with van der Waals surface area (Å²) in [5.41, 5.74) is 4.90. The number of hydrogen-bond acceptors (Lipinski definition) is 3.